The molecule has 25 heavy (non-hydrogen) atoms. The van der Waals surface area contributed by atoms with Crippen LogP contribution in [0.5, 0.6) is 0 Å². The van der Waals surface area contributed by atoms with E-state index in [1.165, 1.54) is 0 Å². The maximum absolute atomic E-state index is 13.0. The van der Waals surface area contributed by atoms with Gasteiger partial charge in [-0.15, -0.1) is 0 Å². The monoisotopic (exact) mass is 337 g/mol. The Balaban J connectivity index is 1.59. The van der Waals surface area contributed by atoms with Crippen molar-refractivity contribution in [1.82, 2.24) is 24.0 Å². The quantitative estimate of drug-likeness (QED) is 0.731. The Kier molecular flexibility index (Phi) is 4.07. The molecule has 0 aromatic carbocycles. The Morgan fingerprint density at radius 3 is 2.88 bits per heavy atom. The first kappa shape index (κ1) is 15.6. The van der Waals surface area contributed by atoms with Crippen molar-refractivity contribution in [2.24, 2.45) is 7.05 Å². The second kappa shape index (κ2) is 6.52. The fourth-order valence-electron chi connectivity index (χ4n) is 3.14. The van der Waals surface area contributed by atoms with Crippen LogP contribution < -0.4 is 0 Å². The van der Waals surface area contributed by atoms with E-state index in [9.17, 15) is 4.79 Å². The van der Waals surface area contributed by atoms with E-state index in [4.69, 9.17) is 4.74 Å². The fourth-order valence-corrected chi connectivity index (χ4v) is 3.14. The van der Waals surface area contributed by atoms with Crippen LogP contribution in [0.4, 0.5) is 0 Å². The standard InChI is InChI=1S/C18H19N5O2/c1-21-7-2-3-15(21)16-12-25-10-9-23(16)18(24)14-4-5-17(20-11-14)22-8-6-19-13-22/h2-8,11,13,16H,9-10,12H2,1H3. The summed E-state index contributed by atoms with van der Waals surface area (Å²) in [6.45, 7) is 1.62. The van der Waals surface area contributed by atoms with E-state index in [-0.39, 0.29) is 11.9 Å². The Morgan fingerprint density at radius 2 is 2.20 bits per heavy atom. The van der Waals surface area contributed by atoms with Crippen LogP contribution in [0.1, 0.15) is 22.1 Å². The summed E-state index contributed by atoms with van der Waals surface area (Å²) >= 11 is 0. The largest absolute Gasteiger partial charge is 0.377 e. The van der Waals surface area contributed by atoms with Crippen LogP contribution in [0, 0.1) is 0 Å². The van der Waals surface area contributed by atoms with E-state index in [0.717, 1.165) is 11.5 Å². The molecule has 0 bridgehead atoms. The first-order valence-corrected chi connectivity index (χ1v) is 8.18. The zero-order chi connectivity index (χ0) is 17.2. The van der Waals surface area contributed by atoms with Gasteiger partial charge in [0.05, 0.1) is 24.8 Å². The number of ether oxygens (including phenoxy) is 1. The Labute approximate surface area is 145 Å². The zero-order valence-corrected chi connectivity index (χ0v) is 13.9. The molecule has 7 nitrogen and oxygen atoms in total. The molecule has 1 aliphatic rings. The third-order valence-corrected chi connectivity index (χ3v) is 4.48. The number of amides is 1. The molecule has 0 radical (unpaired) electrons. The molecule has 3 aromatic heterocycles. The smallest absolute Gasteiger partial charge is 0.256 e. The molecule has 4 heterocycles. The minimum Gasteiger partial charge on any atom is -0.377 e. The van der Waals surface area contributed by atoms with Crippen molar-refractivity contribution >= 4 is 5.91 Å². The molecular weight excluding hydrogens is 318 g/mol. The SMILES string of the molecule is Cn1cccc1C1COCCN1C(=O)c1ccc(-n2ccnc2)nc1. The number of aromatic nitrogens is 4. The number of aryl methyl sites for hydroxylation is 1. The summed E-state index contributed by atoms with van der Waals surface area (Å²) in [5, 5.41) is 0. The van der Waals surface area contributed by atoms with Gasteiger partial charge in [-0.2, -0.15) is 0 Å². The third-order valence-electron chi connectivity index (χ3n) is 4.48. The lowest BCUT2D eigenvalue weighted by atomic mass is 10.1. The molecule has 128 valence electrons. The Morgan fingerprint density at radius 1 is 1.28 bits per heavy atom. The summed E-state index contributed by atoms with van der Waals surface area (Å²) in [6.07, 6.45) is 8.79. The topological polar surface area (TPSA) is 65.2 Å². The highest BCUT2D eigenvalue weighted by Crippen LogP contribution is 2.26. The average molecular weight is 337 g/mol. The molecule has 1 fully saturated rings. The zero-order valence-electron chi connectivity index (χ0n) is 13.9. The van der Waals surface area contributed by atoms with Crippen molar-refractivity contribution < 1.29 is 9.53 Å². The van der Waals surface area contributed by atoms with Gasteiger partial charge in [0.15, 0.2) is 0 Å². The highest BCUT2D eigenvalue weighted by atomic mass is 16.5. The van der Waals surface area contributed by atoms with Crippen molar-refractivity contribution in [1.29, 1.82) is 0 Å². The predicted octanol–water partition coefficient (Wildman–Crippen LogP) is 1.82. The van der Waals surface area contributed by atoms with E-state index >= 15 is 0 Å². The van der Waals surface area contributed by atoms with Gasteiger partial charge in [0.25, 0.3) is 5.91 Å². The number of carbonyl (C=O) groups is 1. The van der Waals surface area contributed by atoms with E-state index < -0.39 is 0 Å². The molecule has 1 unspecified atom stereocenters. The van der Waals surface area contributed by atoms with E-state index in [1.54, 1.807) is 23.3 Å². The number of carbonyl (C=O) groups excluding carboxylic acids is 1. The van der Waals surface area contributed by atoms with Gasteiger partial charge in [0.2, 0.25) is 0 Å². The van der Waals surface area contributed by atoms with Gasteiger partial charge in [0.1, 0.15) is 12.1 Å². The predicted molar refractivity (Wildman–Crippen MR) is 91.4 cm³/mol. The van der Waals surface area contributed by atoms with Crippen molar-refractivity contribution in [3.05, 3.63) is 66.6 Å². The summed E-state index contributed by atoms with van der Waals surface area (Å²) < 4.78 is 9.44. The lowest BCUT2D eigenvalue weighted by Crippen LogP contribution is -2.44. The molecule has 1 saturated heterocycles. The number of nitrogens with zero attached hydrogens (tertiary/aromatic N) is 5. The molecule has 3 aromatic rings. The summed E-state index contributed by atoms with van der Waals surface area (Å²) in [6, 6.07) is 7.55. The van der Waals surface area contributed by atoms with Crippen LogP contribution in [0.2, 0.25) is 0 Å². The Hall–Kier alpha value is -2.93. The fraction of sp³-hybridized carbons (Fsp3) is 0.278. The molecule has 4 rings (SSSR count). The van der Waals surface area contributed by atoms with Gasteiger partial charge in [-0.05, 0) is 24.3 Å². The minimum absolute atomic E-state index is 0.0285. The number of rotatable bonds is 3. The molecule has 1 atom stereocenters. The number of pyridine rings is 1. The molecular formula is C18H19N5O2. The molecule has 0 spiro atoms. The van der Waals surface area contributed by atoms with Crippen LogP contribution in [0.15, 0.2) is 55.4 Å². The lowest BCUT2D eigenvalue weighted by Gasteiger charge is -2.36. The summed E-state index contributed by atoms with van der Waals surface area (Å²) in [4.78, 5) is 23.3. The molecule has 0 N–H and O–H groups in total. The van der Waals surface area contributed by atoms with E-state index in [0.29, 0.717) is 25.3 Å². The first-order chi connectivity index (χ1) is 12.2. The molecule has 0 saturated carbocycles. The number of hydrogen-bond donors (Lipinski definition) is 0. The number of morpholine rings is 1. The summed E-state index contributed by atoms with van der Waals surface area (Å²) in [5.74, 6) is 0.703. The van der Waals surface area contributed by atoms with Crippen molar-refractivity contribution in [3.63, 3.8) is 0 Å². The average Bonchev–Trinajstić information content (AvgIpc) is 3.33. The Bertz CT molecular complexity index is 854. The first-order valence-electron chi connectivity index (χ1n) is 8.18. The molecule has 7 heteroatoms. The van der Waals surface area contributed by atoms with Gasteiger partial charge >= 0.3 is 0 Å². The van der Waals surface area contributed by atoms with Gasteiger partial charge in [-0.3, -0.25) is 9.36 Å². The molecule has 1 amide bonds. The highest BCUT2D eigenvalue weighted by molar-refractivity contribution is 5.94. The normalized spacial score (nSPS) is 17.6. The highest BCUT2D eigenvalue weighted by Gasteiger charge is 2.30. The van der Waals surface area contributed by atoms with Crippen molar-refractivity contribution in [2.45, 2.75) is 6.04 Å². The maximum Gasteiger partial charge on any atom is 0.256 e. The van der Waals surface area contributed by atoms with Crippen molar-refractivity contribution in [2.75, 3.05) is 19.8 Å². The van der Waals surface area contributed by atoms with Crippen LogP contribution >= 0.6 is 0 Å². The van der Waals surface area contributed by atoms with Crippen LogP contribution in [0.25, 0.3) is 5.82 Å². The van der Waals surface area contributed by atoms with Crippen LogP contribution in [-0.2, 0) is 11.8 Å². The van der Waals surface area contributed by atoms with Gasteiger partial charge < -0.3 is 14.2 Å². The van der Waals surface area contributed by atoms with E-state index in [2.05, 4.69) is 9.97 Å². The number of imidazole rings is 1. The van der Waals surface area contributed by atoms with Gasteiger partial charge in [-0.1, -0.05) is 0 Å². The summed E-state index contributed by atoms with van der Waals surface area (Å²) in [7, 11) is 1.98. The second-order valence-electron chi connectivity index (χ2n) is 6.01. The van der Waals surface area contributed by atoms with Gasteiger partial charge in [-0.25, -0.2) is 9.97 Å². The lowest BCUT2D eigenvalue weighted by molar-refractivity contribution is -0.00465. The molecule has 1 aliphatic heterocycles. The maximum atomic E-state index is 13.0. The number of hydrogen-bond acceptors (Lipinski definition) is 4. The van der Waals surface area contributed by atoms with Gasteiger partial charge in [0, 0.05) is 44.1 Å². The second-order valence-corrected chi connectivity index (χ2v) is 6.01. The molecule has 0 aliphatic carbocycles. The van der Waals surface area contributed by atoms with Crippen LogP contribution in [-0.4, -0.2) is 49.7 Å². The van der Waals surface area contributed by atoms with Crippen molar-refractivity contribution in [3.8, 4) is 5.82 Å². The third kappa shape index (κ3) is 2.94. The van der Waals surface area contributed by atoms with Crippen LogP contribution in [0.3, 0.4) is 0 Å². The van der Waals surface area contributed by atoms with E-state index in [1.807, 2.05) is 53.2 Å². The summed E-state index contributed by atoms with van der Waals surface area (Å²) in [5.41, 5.74) is 1.64. The minimum atomic E-state index is -0.0884.